The number of fused-ring (bicyclic) bond motifs is 1. The highest BCUT2D eigenvalue weighted by molar-refractivity contribution is 5.80. The van der Waals surface area contributed by atoms with E-state index in [1.165, 1.54) is 5.56 Å². The van der Waals surface area contributed by atoms with Crippen LogP contribution in [0.25, 0.3) is 11.0 Å². The standard InChI is InChI=1S/C19H22N4O2/c20-15(19(24)22-25)10-11-18-21-16-8-4-5-9-17(16)23(18)13-12-14-6-2-1-3-7-14/h1-9,15,25H,10-13,20H2,(H,22,24). The molecular weight excluding hydrogens is 316 g/mol. The summed E-state index contributed by atoms with van der Waals surface area (Å²) in [5.74, 6) is 0.324. The Kier molecular flexibility index (Phi) is 5.42. The number of carbonyl (C=O) groups excluding carboxylic acids is 1. The summed E-state index contributed by atoms with van der Waals surface area (Å²) in [6, 6.07) is 17.5. The SMILES string of the molecule is NC(CCc1nc2ccccc2n1CCc1ccccc1)C(=O)NO. The zero-order valence-electron chi connectivity index (χ0n) is 13.9. The first-order valence-corrected chi connectivity index (χ1v) is 8.36. The van der Waals surface area contributed by atoms with Crippen molar-refractivity contribution in [1.29, 1.82) is 0 Å². The van der Waals surface area contributed by atoms with Gasteiger partial charge >= 0.3 is 0 Å². The van der Waals surface area contributed by atoms with Gasteiger partial charge in [-0.25, -0.2) is 10.5 Å². The summed E-state index contributed by atoms with van der Waals surface area (Å²) in [4.78, 5) is 16.1. The molecule has 0 radical (unpaired) electrons. The lowest BCUT2D eigenvalue weighted by Gasteiger charge is -2.12. The maximum atomic E-state index is 11.4. The molecule has 0 saturated carbocycles. The van der Waals surface area contributed by atoms with Gasteiger partial charge in [0.1, 0.15) is 5.82 Å². The average molecular weight is 338 g/mol. The Morgan fingerprint density at radius 3 is 2.60 bits per heavy atom. The molecule has 1 aromatic heterocycles. The minimum Gasteiger partial charge on any atom is -0.328 e. The third-order valence-electron chi connectivity index (χ3n) is 4.33. The quantitative estimate of drug-likeness (QED) is 0.454. The van der Waals surface area contributed by atoms with Gasteiger partial charge in [-0.2, -0.15) is 0 Å². The van der Waals surface area contributed by atoms with Gasteiger partial charge in [-0.3, -0.25) is 10.0 Å². The molecule has 3 rings (SSSR count). The van der Waals surface area contributed by atoms with E-state index >= 15 is 0 Å². The van der Waals surface area contributed by atoms with Crippen LogP contribution in [0.4, 0.5) is 0 Å². The summed E-state index contributed by atoms with van der Waals surface area (Å²) in [7, 11) is 0. The Balaban J connectivity index is 1.80. The average Bonchev–Trinajstić information content (AvgIpc) is 3.02. The van der Waals surface area contributed by atoms with Crippen LogP contribution in [0.1, 0.15) is 17.8 Å². The molecule has 1 unspecified atom stereocenters. The van der Waals surface area contributed by atoms with E-state index in [9.17, 15) is 4.79 Å². The van der Waals surface area contributed by atoms with E-state index < -0.39 is 11.9 Å². The second-order valence-corrected chi connectivity index (χ2v) is 6.03. The van der Waals surface area contributed by atoms with Crippen LogP contribution in [-0.4, -0.2) is 26.7 Å². The van der Waals surface area contributed by atoms with Gasteiger partial charge < -0.3 is 10.3 Å². The molecule has 3 aromatic rings. The molecule has 6 nitrogen and oxygen atoms in total. The third-order valence-corrected chi connectivity index (χ3v) is 4.33. The van der Waals surface area contributed by atoms with Gasteiger partial charge in [-0.1, -0.05) is 42.5 Å². The number of aromatic nitrogens is 2. The minimum atomic E-state index is -0.757. The van der Waals surface area contributed by atoms with Crippen LogP contribution in [0.15, 0.2) is 54.6 Å². The lowest BCUT2D eigenvalue weighted by Crippen LogP contribution is -2.39. The fourth-order valence-electron chi connectivity index (χ4n) is 2.95. The van der Waals surface area contributed by atoms with E-state index in [2.05, 4.69) is 22.8 Å². The van der Waals surface area contributed by atoms with Gasteiger partial charge in [0.25, 0.3) is 5.91 Å². The van der Waals surface area contributed by atoms with Crippen molar-refractivity contribution in [3.63, 3.8) is 0 Å². The number of nitrogens with zero attached hydrogens (tertiary/aromatic N) is 2. The highest BCUT2D eigenvalue weighted by Crippen LogP contribution is 2.18. The molecule has 0 aliphatic carbocycles. The molecule has 0 aliphatic rings. The molecule has 0 bridgehead atoms. The zero-order valence-corrected chi connectivity index (χ0v) is 13.9. The second kappa shape index (κ2) is 7.92. The normalized spacial score (nSPS) is 12.2. The van der Waals surface area contributed by atoms with E-state index in [-0.39, 0.29) is 0 Å². The molecule has 4 N–H and O–H groups in total. The van der Waals surface area contributed by atoms with Crippen molar-refractivity contribution in [2.75, 3.05) is 0 Å². The first kappa shape index (κ1) is 17.1. The van der Waals surface area contributed by atoms with Crippen molar-refractivity contribution < 1.29 is 10.0 Å². The van der Waals surface area contributed by atoms with E-state index in [0.29, 0.717) is 12.8 Å². The number of carbonyl (C=O) groups is 1. The number of nitrogens with two attached hydrogens (primary N) is 1. The van der Waals surface area contributed by atoms with Crippen molar-refractivity contribution >= 4 is 16.9 Å². The van der Waals surface area contributed by atoms with E-state index in [1.54, 1.807) is 5.48 Å². The van der Waals surface area contributed by atoms with E-state index in [0.717, 1.165) is 29.8 Å². The van der Waals surface area contributed by atoms with E-state index in [4.69, 9.17) is 15.9 Å². The molecular formula is C19H22N4O2. The predicted octanol–water partition coefficient (Wildman–Crippen LogP) is 2.04. The van der Waals surface area contributed by atoms with Crippen molar-refractivity contribution in [2.45, 2.75) is 31.8 Å². The number of para-hydroxylation sites is 2. The Labute approximate surface area is 146 Å². The Morgan fingerprint density at radius 2 is 1.84 bits per heavy atom. The maximum absolute atomic E-state index is 11.4. The van der Waals surface area contributed by atoms with Crippen LogP contribution in [0.2, 0.25) is 0 Å². The third kappa shape index (κ3) is 4.04. The van der Waals surface area contributed by atoms with Gasteiger partial charge in [-0.05, 0) is 30.5 Å². The smallest absolute Gasteiger partial charge is 0.260 e. The van der Waals surface area contributed by atoms with Crippen molar-refractivity contribution in [2.24, 2.45) is 5.73 Å². The van der Waals surface area contributed by atoms with Gasteiger partial charge in [0, 0.05) is 13.0 Å². The topological polar surface area (TPSA) is 93.2 Å². The van der Waals surface area contributed by atoms with Gasteiger partial charge in [0.15, 0.2) is 0 Å². The molecule has 2 aromatic carbocycles. The number of imidazole rings is 1. The van der Waals surface area contributed by atoms with E-state index in [1.807, 2.05) is 36.4 Å². The maximum Gasteiger partial charge on any atom is 0.260 e. The molecule has 25 heavy (non-hydrogen) atoms. The van der Waals surface area contributed by atoms with Crippen LogP contribution in [-0.2, 0) is 24.2 Å². The lowest BCUT2D eigenvalue weighted by atomic mass is 10.1. The van der Waals surface area contributed by atoms with Crippen molar-refractivity contribution in [3.8, 4) is 0 Å². The Hall–Kier alpha value is -2.70. The molecule has 130 valence electrons. The van der Waals surface area contributed by atoms with Gasteiger partial charge in [0.05, 0.1) is 17.1 Å². The van der Waals surface area contributed by atoms with Crippen LogP contribution in [0.3, 0.4) is 0 Å². The van der Waals surface area contributed by atoms with Crippen molar-refractivity contribution in [1.82, 2.24) is 15.0 Å². The highest BCUT2D eigenvalue weighted by Gasteiger charge is 2.16. The molecule has 6 heteroatoms. The number of aryl methyl sites for hydroxylation is 3. The van der Waals surface area contributed by atoms with Gasteiger partial charge in [0.2, 0.25) is 0 Å². The highest BCUT2D eigenvalue weighted by atomic mass is 16.5. The Morgan fingerprint density at radius 1 is 1.12 bits per heavy atom. The molecule has 0 spiro atoms. The first-order valence-electron chi connectivity index (χ1n) is 8.36. The largest absolute Gasteiger partial charge is 0.328 e. The lowest BCUT2D eigenvalue weighted by molar-refractivity contribution is -0.130. The number of hydrogen-bond acceptors (Lipinski definition) is 4. The number of nitrogens with one attached hydrogen (secondary N) is 1. The monoisotopic (exact) mass is 338 g/mol. The fourth-order valence-corrected chi connectivity index (χ4v) is 2.95. The van der Waals surface area contributed by atoms with Crippen LogP contribution in [0.5, 0.6) is 0 Å². The van der Waals surface area contributed by atoms with Crippen LogP contribution < -0.4 is 11.2 Å². The summed E-state index contributed by atoms with van der Waals surface area (Å²) in [6.45, 7) is 0.807. The van der Waals surface area contributed by atoms with Crippen LogP contribution >= 0.6 is 0 Å². The first-order chi connectivity index (χ1) is 12.2. The summed E-state index contributed by atoms with van der Waals surface area (Å²) in [6.07, 6.45) is 1.89. The Bertz CT molecular complexity index is 845. The summed E-state index contributed by atoms with van der Waals surface area (Å²) >= 11 is 0. The number of amides is 1. The predicted molar refractivity (Wildman–Crippen MR) is 96.1 cm³/mol. The number of rotatable bonds is 7. The number of hydroxylamine groups is 1. The zero-order chi connectivity index (χ0) is 17.6. The van der Waals surface area contributed by atoms with Crippen molar-refractivity contribution in [3.05, 3.63) is 66.0 Å². The second-order valence-electron chi connectivity index (χ2n) is 6.03. The molecule has 0 saturated heterocycles. The molecule has 1 atom stereocenters. The summed E-state index contributed by atoms with van der Waals surface area (Å²) in [5.41, 5.74) is 10.7. The molecule has 0 fully saturated rings. The summed E-state index contributed by atoms with van der Waals surface area (Å²) in [5, 5.41) is 8.68. The molecule has 1 heterocycles. The van der Waals surface area contributed by atoms with Gasteiger partial charge in [-0.15, -0.1) is 0 Å². The number of hydrogen-bond donors (Lipinski definition) is 3. The minimum absolute atomic E-state index is 0.418. The molecule has 1 amide bonds. The van der Waals surface area contributed by atoms with Crippen LogP contribution in [0, 0.1) is 0 Å². The summed E-state index contributed by atoms with van der Waals surface area (Å²) < 4.78 is 2.19. The molecule has 0 aliphatic heterocycles. The number of benzene rings is 2. The fraction of sp³-hybridized carbons (Fsp3) is 0.263.